The molecule has 26 heavy (non-hydrogen) atoms. The molecule has 4 rings (SSSR count). The van der Waals surface area contributed by atoms with Crippen LogP contribution < -0.4 is 10.1 Å². The molecule has 0 aliphatic heterocycles. The van der Waals surface area contributed by atoms with E-state index in [0.29, 0.717) is 6.54 Å². The van der Waals surface area contributed by atoms with Crippen molar-refractivity contribution in [1.29, 1.82) is 0 Å². The number of nitrogens with one attached hydrogen (secondary N) is 2. The zero-order chi connectivity index (χ0) is 17.9. The number of phenolic OH excluding ortho intramolecular Hbond substituents is 1. The molecule has 4 aromatic rings. The SMILES string of the molecule is COc1ccc(-c2cc3ncncc3[nH]2)cc1NCc1cccc(O)c1. The molecule has 0 saturated heterocycles. The molecule has 0 aliphatic rings. The molecule has 0 amide bonds. The molecule has 2 aromatic heterocycles. The largest absolute Gasteiger partial charge is 0.508 e. The number of phenols is 1. The van der Waals surface area contributed by atoms with Crippen LogP contribution in [-0.4, -0.2) is 27.2 Å². The van der Waals surface area contributed by atoms with Crippen molar-refractivity contribution in [1.82, 2.24) is 15.0 Å². The molecule has 0 atom stereocenters. The van der Waals surface area contributed by atoms with Crippen LogP contribution in [0.2, 0.25) is 0 Å². The first kappa shape index (κ1) is 16.0. The number of anilines is 1. The molecule has 2 heterocycles. The standard InChI is InChI=1S/C20H18N4O2/c1-26-20-6-5-14(16-9-17-19(24-16)11-21-12-23-17)8-18(20)22-10-13-3-2-4-15(25)7-13/h2-9,11-12,22,24-25H,10H2,1H3. The van der Waals surface area contributed by atoms with Gasteiger partial charge in [0.15, 0.2) is 0 Å². The van der Waals surface area contributed by atoms with Crippen LogP contribution in [0, 0.1) is 0 Å². The van der Waals surface area contributed by atoms with E-state index in [2.05, 4.69) is 20.3 Å². The Morgan fingerprint density at radius 2 is 2.08 bits per heavy atom. The normalized spacial score (nSPS) is 10.8. The second-order valence-corrected chi connectivity index (χ2v) is 5.94. The van der Waals surface area contributed by atoms with Crippen molar-refractivity contribution in [3.63, 3.8) is 0 Å². The first-order chi connectivity index (χ1) is 12.7. The molecular weight excluding hydrogens is 328 g/mol. The number of aromatic hydroxyl groups is 1. The summed E-state index contributed by atoms with van der Waals surface area (Å²) in [4.78, 5) is 11.6. The molecule has 130 valence electrons. The second kappa shape index (κ2) is 6.76. The fourth-order valence-corrected chi connectivity index (χ4v) is 2.90. The van der Waals surface area contributed by atoms with Crippen LogP contribution >= 0.6 is 0 Å². The number of methoxy groups -OCH3 is 1. The lowest BCUT2D eigenvalue weighted by atomic mass is 10.1. The number of H-pyrrole nitrogens is 1. The Hall–Kier alpha value is -3.54. The molecule has 0 spiro atoms. The maximum atomic E-state index is 9.61. The Morgan fingerprint density at radius 1 is 1.15 bits per heavy atom. The van der Waals surface area contributed by atoms with Crippen molar-refractivity contribution >= 4 is 16.7 Å². The molecule has 6 heteroatoms. The molecule has 0 fully saturated rings. The van der Waals surface area contributed by atoms with Crippen molar-refractivity contribution < 1.29 is 9.84 Å². The number of benzene rings is 2. The minimum atomic E-state index is 0.254. The summed E-state index contributed by atoms with van der Waals surface area (Å²) < 4.78 is 5.46. The average Bonchev–Trinajstić information content (AvgIpc) is 3.10. The van der Waals surface area contributed by atoms with Gasteiger partial charge in [-0.25, -0.2) is 9.97 Å². The Balaban J connectivity index is 1.64. The molecule has 0 bridgehead atoms. The highest BCUT2D eigenvalue weighted by Gasteiger charge is 2.09. The summed E-state index contributed by atoms with van der Waals surface area (Å²) in [6.45, 7) is 0.576. The lowest BCUT2D eigenvalue weighted by Crippen LogP contribution is -2.01. The number of hydrogen-bond donors (Lipinski definition) is 3. The minimum absolute atomic E-state index is 0.254. The predicted molar refractivity (Wildman–Crippen MR) is 101 cm³/mol. The lowest BCUT2D eigenvalue weighted by molar-refractivity contribution is 0.416. The Labute approximate surface area is 150 Å². The molecule has 3 N–H and O–H groups in total. The molecule has 2 aromatic carbocycles. The zero-order valence-corrected chi connectivity index (χ0v) is 14.2. The number of ether oxygens (including phenoxy) is 1. The number of nitrogens with zero attached hydrogens (tertiary/aromatic N) is 2. The van der Waals surface area contributed by atoms with E-state index in [4.69, 9.17) is 4.74 Å². The van der Waals surface area contributed by atoms with E-state index in [1.807, 2.05) is 36.4 Å². The van der Waals surface area contributed by atoms with Gasteiger partial charge >= 0.3 is 0 Å². The van der Waals surface area contributed by atoms with Crippen LogP contribution in [0.4, 0.5) is 5.69 Å². The quantitative estimate of drug-likeness (QED) is 0.510. The molecule has 0 radical (unpaired) electrons. The highest BCUT2D eigenvalue weighted by atomic mass is 16.5. The van der Waals surface area contributed by atoms with Gasteiger partial charge in [0.05, 0.1) is 30.0 Å². The molecule has 0 saturated carbocycles. The van der Waals surface area contributed by atoms with Gasteiger partial charge in [-0.1, -0.05) is 12.1 Å². The zero-order valence-electron chi connectivity index (χ0n) is 14.2. The third-order valence-electron chi connectivity index (χ3n) is 4.20. The van der Waals surface area contributed by atoms with E-state index in [-0.39, 0.29) is 5.75 Å². The summed E-state index contributed by atoms with van der Waals surface area (Å²) in [6, 6.07) is 15.1. The van der Waals surface area contributed by atoms with Gasteiger partial charge in [0.1, 0.15) is 17.8 Å². The lowest BCUT2D eigenvalue weighted by Gasteiger charge is -2.13. The smallest absolute Gasteiger partial charge is 0.142 e. The van der Waals surface area contributed by atoms with E-state index >= 15 is 0 Å². The summed E-state index contributed by atoms with van der Waals surface area (Å²) >= 11 is 0. The summed E-state index contributed by atoms with van der Waals surface area (Å²) in [5.74, 6) is 1.01. The second-order valence-electron chi connectivity index (χ2n) is 5.94. The number of rotatable bonds is 5. The Kier molecular flexibility index (Phi) is 4.15. The average molecular weight is 346 g/mol. The highest BCUT2D eigenvalue weighted by molar-refractivity contribution is 5.83. The molecule has 0 aliphatic carbocycles. The van der Waals surface area contributed by atoms with Gasteiger partial charge in [-0.15, -0.1) is 0 Å². The third-order valence-corrected chi connectivity index (χ3v) is 4.20. The Bertz CT molecular complexity index is 1030. The molecule has 0 unspecified atom stereocenters. The third kappa shape index (κ3) is 3.17. The monoisotopic (exact) mass is 346 g/mol. The summed E-state index contributed by atoms with van der Waals surface area (Å²) in [5.41, 5.74) is 5.61. The van der Waals surface area contributed by atoms with Gasteiger partial charge in [0.2, 0.25) is 0 Å². The predicted octanol–water partition coefficient (Wildman–Crippen LogP) is 3.95. The van der Waals surface area contributed by atoms with Crippen molar-refractivity contribution in [3.8, 4) is 22.8 Å². The van der Waals surface area contributed by atoms with E-state index in [9.17, 15) is 5.11 Å². The van der Waals surface area contributed by atoms with Crippen molar-refractivity contribution in [2.75, 3.05) is 12.4 Å². The van der Waals surface area contributed by atoms with Gasteiger partial charge in [-0.05, 0) is 42.0 Å². The van der Waals surface area contributed by atoms with Crippen LogP contribution in [0.15, 0.2) is 61.1 Å². The van der Waals surface area contributed by atoms with Gasteiger partial charge in [-0.2, -0.15) is 0 Å². The van der Waals surface area contributed by atoms with E-state index in [0.717, 1.165) is 39.3 Å². The number of fused-ring (bicyclic) bond motifs is 1. The van der Waals surface area contributed by atoms with Crippen LogP contribution in [0.5, 0.6) is 11.5 Å². The molecule has 6 nitrogen and oxygen atoms in total. The summed E-state index contributed by atoms with van der Waals surface area (Å²) in [7, 11) is 1.65. The van der Waals surface area contributed by atoms with Crippen LogP contribution in [0.3, 0.4) is 0 Å². The van der Waals surface area contributed by atoms with Crippen molar-refractivity contribution in [2.24, 2.45) is 0 Å². The first-order valence-corrected chi connectivity index (χ1v) is 8.22. The topological polar surface area (TPSA) is 83.1 Å². The number of aromatic amines is 1. The first-order valence-electron chi connectivity index (χ1n) is 8.22. The summed E-state index contributed by atoms with van der Waals surface area (Å²) in [5, 5.41) is 13.0. The van der Waals surface area contributed by atoms with Crippen LogP contribution in [-0.2, 0) is 6.54 Å². The maximum absolute atomic E-state index is 9.61. The van der Waals surface area contributed by atoms with Crippen molar-refractivity contribution in [3.05, 3.63) is 66.6 Å². The van der Waals surface area contributed by atoms with E-state index in [1.54, 1.807) is 25.4 Å². The van der Waals surface area contributed by atoms with Crippen LogP contribution in [0.1, 0.15) is 5.56 Å². The molecular formula is C20H18N4O2. The fraction of sp³-hybridized carbons (Fsp3) is 0.100. The van der Waals surface area contributed by atoms with Gasteiger partial charge in [0.25, 0.3) is 0 Å². The van der Waals surface area contributed by atoms with Crippen LogP contribution in [0.25, 0.3) is 22.3 Å². The number of hydrogen-bond acceptors (Lipinski definition) is 5. The fourth-order valence-electron chi connectivity index (χ4n) is 2.90. The number of aromatic nitrogens is 3. The minimum Gasteiger partial charge on any atom is -0.508 e. The van der Waals surface area contributed by atoms with Crippen molar-refractivity contribution in [2.45, 2.75) is 6.54 Å². The van der Waals surface area contributed by atoms with Gasteiger partial charge in [0, 0.05) is 17.8 Å². The highest BCUT2D eigenvalue weighted by Crippen LogP contribution is 2.31. The van der Waals surface area contributed by atoms with E-state index in [1.165, 1.54) is 6.33 Å². The van der Waals surface area contributed by atoms with Gasteiger partial charge < -0.3 is 20.1 Å². The maximum Gasteiger partial charge on any atom is 0.142 e. The van der Waals surface area contributed by atoms with E-state index < -0.39 is 0 Å². The summed E-state index contributed by atoms with van der Waals surface area (Å²) in [6.07, 6.45) is 3.30. The van der Waals surface area contributed by atoms with Gasteiger partial charge in [-0.3, -0.25) is 0 Å². The Morgan fingerprint density at radius 3 is 2.88 bits per heavy atom.